The van der Waals surface area contributed by atoms with E-state index in [0.29, 0.717) is 4.47 Å². The second kappa shape index (κ2) is 4.53. The first-order valence-electron chi connectivity index (χ1n) is 3.88. The van der Waals surface area contributed by atoms with Crippen molar-refractivity contribution in [3.63, 3.8) is 0 Å². The Hall–Kier alpha value is 0.0700. The molecule has 0 saturated carbocycles. The van der Waals surface area contributed by atoms with Gasteiger partial charge in [-0.15, -0.1) is 0 Å². The SMILES string of the molecule is CCC(C(C)=O)c1nc(Cl)sc1Br. The van der Waals surface area contributed by atoms with E-state index in [0.717, 1.165) is 15.9 Å². The Labute approximate surface area is 94.4 Å². The zero-order valence-corrected chi connectivity index (χ0v) is 10.5. The molecule has 0 spiro atoms. The first kappa shape index (κ1) is 11.1. The van der Waals surface area contributed by atoms with Gasteiger partial charge in [0.25, 0.3) is 0 Å². The van der Waals surface area contributed by atoms with E-state index < -0.39 is 0 Å². The highest BCUT2D eigenvalue weighted by molar-refractivity contribution is 9.11. The smallest absolute Gasteiger partial charge is 0.184 e. The summed E-state index contributed by atoms with van der Waals surface area (Å²) in [6, 6.07) is 0. The minimum Gasteiger partial charge on any atom is -0.299 e. The Morgan fingerprint density at radius 1 is 1.77 bits per heavy atom. The quantitative estimate of drug-likeness (QED) is 0.847. The maximum absolute atomic E-state index is 11.2. The molecule has 0 amide bonds. The third-order valence-electron chi connectivity index (χ3n) is 1.81. The minimum atomic E-state index is -0.127. The summed E-state index contributed by atoms with van der Waals surface area (Å²) in [5.74, 6) is 0.00305. The van der Waals surface area contributed by atoms with Crippen LogP contribution in [0.4, 0.5) is 0 Å². The fraction of sp³-hybridized carbons (Fsp3) is 0.500. The normalized spacial score (nSPS) is 12.9. The molecule has 0 N–H and O–H groups in total. The number of aromatic nitrogens is 1. The van der Waals surface area contributed by atoms with Crippen LogP contribution in [0.2, 0.25) is 4.47 Å². The van der Waals surface area contributed by atoms with Crippen molar-refractivity contribution >= 4 is 44.7 Å². The number of carbonyl (C=O) groups is 1. The van der Waals surface area contributed by atoms with Gasteiger partial charge in [-0.05, 0) is 29.3 Å². The van der Waals surface area contributed by atoms with Crippen LogP contribution in [-0.4, -0.2) is 10.8 Å². The summed E-state index contributed by atoms with van der Waals surface area (Å²) >= 11 is 10.4. The van der Waals surface area contributed by atoms with E-state index in [-0.39, 0.29) is 11.7 Å². The van der Waals surface area contributed by atoms with Crippen LogP contribution in [0.3, 0.4) is 0 Å². The zero-order valence-electron chi connectivity index (χ0n) is 7.30. The van der Waals surface area contributed by atoms with Gasteiger partial charge in [-0.3, -0.25) is 4.79 Å². The number of ketones is 1. The average molecular weight is 283 g/mol. The van der Waals surface area contributed by atoms with Gasteiger partial charge in [0, 0.05) is 0 Å². The van der Waals surface area contributed by atoms with Gasteiger partial charge in [-0.25, -0.2) is 4.98 Å². The van der Waals surface area contributed by atoms with Crippen molar-refractivity contribution in [2.45, 2.75) is 26.2 Å². The molecule has 72 valence electrons. The molecule has 2 nitrogen and oxygen atoms in total. The van der Waals surface area contributed by atoms with Crippen molar-refractivity contribution in [1.82, 2.24) is 4.98 Å². The lowest BCUT2D eigenvalue weighted by molar-refractivity contribution is -0.118. The predicted octanol–water partition coefficient (Wildman–Crippen LogP) is 3.64. The third-order valence-corrected chi connectivity index (χ3v) is 3.67. The van der Waals surface area contributed by atoms with Crippen molar-refractivity contribution in [3.8, 4) is 0 Å². The van der Waals surface area contributed by atoms with Crippen LogP contribution in [0, 0.1) is 0 Å². The van der Waals surface area contributed by atoms with Crippen LogP contribution in [0.15, 0.2) is 3.79 Å². The third kappa shape index (κ3) is 2.51. The lowest BCUT2D eigenvalue weighted by Crippen LogP contribution is -2.08. The topological polar surface area (TPSA) is 30.0 Å². The molecule has 0 fully saturated rings. The van der Waals surface area contributed by atoms with Crippen molar-refractivity contribution in [2.24, 2.45) is 0 Å². The number of hydrogen-bond donors (Lipinski definition) is 0. The van der Waals surface area contributed by atoms with Crippen molar-refractivity contribution in [2.75, 3.05) is 0 Å². The Bertz CT molecular complexity index is 326. The standard InChI is InChI=1S/C8H9BrClNOS/c1-3-5(4(2)12)6-7(9)13-8(10)11-6/h5H,3H2,1-2H3. The highest BCUT2D eigenvalue weighted by atomic mass is 79.9. The molecule has 13 heavy (non-hydrogen) atoms. The highest BCUT2D eigenvalue weighted by Gasteiger charge is 2.21. The van der Waals surface area contributed by atoms with E-state index >= 15 is 0 Å². The molecule has 1 atom stereocenters. The highest BCUT2D eigenvalue weighted by Crippen LogP contribution is 2.34. The van der Waals surface area contributed by atoms with E-state index in [4.69, 9.17) is 11.6 Å². The maximum Gasteiger partial charge on any atom is 0.184 e. The average Bonchev–Trinajstić information content (AvgIpc) is 2.31. The molecule has 0 radical (unpaired) electrons. The number of nitrogens with zero attached hydrogens (tertiary/aromatic N) is 1. The molecule has 5 heteroatoms. The molecule has 1 rings (SSSR count). The summed E-state index contributed by atoms with van der Waals surface area (Å²) in [4.78, 5) is 15.4. The van der Waals surface area contributed by atoms with Crippen LogP contribution in [0.25, 0.3) is 0 Å². The Morgan fingerprint density at radius 3 is 2.69 bits per heavy atom. The molecular formula is C8H9BrClNOS. The molecule has 0 aliphatic carbocycles. The van der Waals surface area contributed by atoms with E-state index in [1.807, 2.05) is 6.92 Å². The van der Waals surface area contributed by atoms with E-state index in [9.17, 15) is 4.79 Å². The Kier molecular flexibility index (Phi) is 3.88. The molecule has 1 aromatic heterocycles. The second-order valence-corrected chi connectivity index (χ2v) is 5.60. The summed E-state index contributed by atoms with van der Waals surface area (Å²) in [7, 11) is 0. The van der Waals surface area contributed by atoms with Crippen LogP contribution in [0.1, 0.15) is 31.9 Å². The molecule has 1 unspecified atom stereocenters. The number of halogens is 2. The van der Waals surface area contributed by atoms with Crippen molar-refractivity contribution < 1.29 is 4.79 Å². The minimum absolute atomic E-state index is 0.127. The van der Waals surface area contributed by atoms with Gasteiger partial charge in [0.2, 0.25) is 0 Å². The first-order valence-corrected chi connectivity index (χ1v) is 5.87. The van der Waals surface area contributed by atoms with Crippen molar-refractivity contribution in [1.29, 1.82) is 0 Å². The summed E-state index contributed by atoms with van der Waals surface area (Å²) in [6.45, 7) is 3.54. The van der Waals surface area contributed by atoms with Crippen LogP contribution < -0.4 is 0 Å². The van der Waals surface area contributed by atoms with Gasteiger partial charge in [0.05, 0.1) is 15.4 Å². The second-order valence-electron chi connectivity index (χ2n) is 2.70. The number of hydrogen-bond acceptors (Lipinski definition) is 3. The van der Waals surface area contributed by atoms with Crippen LogP contribution >= 0.6 is 38.9 Å². The molecule has 1 aromatic rings. The van der Waals surface area contributed by atoms with Gasteiger partial charge in [-0.2, -0.15) is 0 Å². The molecule has 1 heterocycles. The summed E-state index contributed by atoms with van der Waals surface area (Å²) < 4.78 is 1.33. The Morgan fingerprint density at radius 2 is 2.38 bits per heavy atom. The summed E-state index contributed by atoms with van der Waals surface area (Å²) in [5, 5.41) is 0. The lowest BCUT2D eigenvalue weighted by atomic mass is 9.99. The van der Waals surface area contributed by atoms with Gasteiger partial charge >= 0.3 is 0 Å². The molecule has 0 aromatic carbocycles. The Balaban J connectivity index is 3.04. The monoisotopic (exact) mass is 281 g/mol. The number of carbonyl (C=O) groups excluding carboxylic acids is 1. The van der Waals surface area contributed by atoms with E-state index in [1.54, 1.807) is 6.92 Å². The van der Waals surface area contributed by atoms with Gasteiger partial charge in [0.1, 0.15) is 5.78 Å². The molecule has 0 aliphatic heterocycles. The lowest BCUT2D eigenvalue weighted by Gasteiger charge is -2.07. The fourth-order valence-corrected chi connectivity index (χ4v) is 3.19. The molecular weight excluding hydrogens is 274 g/mol. The molecule has 0 saturated heterocycles. The summed E-state index contributed by atoms with van der Waals surface area (Å²) in [5.41, 5.74) is 0.769. The number of rotatable bonds is 3. The fourth-order valence-electron chi connectivity index (χ4n) is 1.18. The van der Waals surface area contributed by atoms with E-state index in [1.165, 1.54) is 11.3 Å². The zero-order chi connectivity index (χ0) is 10.0. The number of thiazole rings is 1. The van der Waals surface area contributed by atoms with Crippen LogP contribution in [-0.2, 0) is 4.79 Å². The molecule has 0 aliphatic rings. The van der Waals surface area contributed by atoms with Crippen LogP contribution in [0.5, 0.6) is 0 Å². The largest absolute Gasteiger partial charge is 0.299 e. The molecule has 0 bridgehead atoms. The number of Topliss-reactive ketones (excluding diaryl/α,β-unsaturated/α-hetero) is 1. The summed E-state index contributed by atoms with van der Waals surface area (Å²) in [6.07, 6.45) is 0.758. The van der Waals surface area contributed by atoms with Gasteiger partial charge in [0.15, 0.2) is 4.47 Å². The van der Waals surface area contributed by atoms with Gasteiger partial charge in [-0.1, -0.05) is 29.9 Å². The predicted molar refractivity (Wildman–Crippen MR) is 58.5 cm³/mol. The van der Waals surface area contributed by atoms with E-state index in [2.05, 4.69) is 20.9 Å². The van der Waals surface area contributed by atoms with Crippen molar-refractivity contribution in [3.05, 3.63) is 13.9 Å². The first-order chi connectivity index (χ1) is 6.06. The van der Waals surface area contributed by atoms with Gasteiger partial charge < -0.3 is 0 Å². The maximum atomic E-state index is 11.2.